The van der Waals surface area contributed by atoms with Gasteiger partial charge in [0.1, 0.15) is 26.9 Å². The lowest BCUT2D eigenvalue weighted by atomic mass is 9.93. The van der Waals surface area contributed by atoms with E-state index in [1.807, 2.05) is 0 Å². The van der Waals surface area contributed by atoms with Crippen LogP contribution in [-0.4, -0.2) is 67.2 Å². The van der Waals surface area contributed by atoms with Gasteiger partial charge in [-0.3, -0.25) is 9.89 Å². The first-order valence-electron chi connectivity index (χ1n) is 15.1. The molecule has 0 radical (unpaired) electrons. The first kappa shape index (κ1) is 36.7. The van der Waals surface area contributed by atoms with E-state index in [-0.39, 0.29) is 63.5 Å². The number of hydrogen-bond acceptors (Lipinski definition) is 6. The van der Waals surface area contributed by atoms with Crippen molar-refractivity contribution in [1.29, 1.82) is 0 Å². The van der Waals surface area contributed by atoms with Crippen LogP contribution in [0.25, 0.3) is 0 Å². The number of benzene rings is 3. The molecule has 1 fully saturated rings. The first-order chi connectivity index (χ1) is 23.7. The lowest BCUT2D eigenvalue weighted by molar-refractivity contribution is -0.137. The lowest BCUT2D eigenvalue weighted by Crippen LogP contribution is -2.55. The SMILES string of the molecule is CCOc1cc(C(F)(F)F)ccc1C1=NC(c2ccc(Cl)cc2)C(c2ccc(Cl)cc2)N1C(=O)N1CCN(S(=O)(=O)c2cc(Cl)sc2Cl)CC1. The normalized spacial score (nSPS) is 18.8. The van der Waals surface area contributed by atoms with E-state index >= 15 is 0 Å². The molecule has 264 valence electrons. The molecule has 2 aliphatic rings. The molecule has 50 heavy (non-hydrogen) atoms. The molecule has 6 rings (SSSR count). The van der Waals surface area contributed by atoms with Crippen molar-refractivity contribution in [3.63, 3.8) is 0 Å². The van der Waals surface area contributed by atoms with Gasteiger partial charge >= 0.3 is 12.2 Å². The Bertz CT molecular complexity index is 2040. The summed E-state index contributed by atoms with van der Waals surface area (Å²) in [4.78, 5) is 22.6. The van der Waals surface area contributed by atoms with Crippen LogP contribution in [-0.2, 0) is 16.2 Å². The van der Waals surface area contributed by atoms with Crippen LogP contribution in [0.15, 0.2) is 82.7 Å². The average molecular weight is 807 g/mol. The molecular weight excluding hydrogens is 779 g/mol. The Morgan fingerprint density at radius 3 is 2.04 bits per heavy atom. The fraction of sp³-hybridized carbons (Fsp3) is 0.273. The molecule has 3 aromatic carbocycles. The Hall–Kier alpha value is -3.04. The van der Waals surface area contributed by atoms with E-state index in [2.05, 4.69) is 0 Å². The van der Waals surface area contributed by atoms with Gasteiger partial charge in [-0.25, -0.2) is 13.2 Å². The standard InChI is InChI=1S/C33H27Cl4F3N4O4S2/c1-2-48-25-17-21(33(38,39)40)7-12-24(25)31-41-28(19-3-8-22(34)9-4-19)29(20-5-10-23(35)11-6-20)44(31)32(45)42-13-15-43(16-14-42)50(46,47)26-18-27(36)49-30(26)37/h3-12,17-18,28-29H,2,13-16H2,1H3. The van der Waals surface area contributed by atoms with Gasteiger partial charge in [-0.05, 0) is 66.6 Å². The maximum absolute atomic E-state index is 14.7. The van der Waals surface area contributed by atoms with E-state index in [1.165, 1.54) is 26.2 Å². The molecule has 8 nitrogen and oxygen atoms in total. The maximum atomic E-state index is 14.7. The second kappa shape index (κ2) is 14.5. The summed E-state index contributed by atoms with van der Waals surface area (Å²) in [5.41, 5.74) is 0.591. The zero-order chi connectivity index (χ0) is 36.0. The summed E-state index contributed by atoms with van der Waals surface area (Å²) in [6.07, 6.45) is -4.65. The fourth-order valence-electron chi connectivity index (χ4n) is 5.93. The molecule has 2 unspecified atom stereocenters. The van der Waals surface area contributed by atoms with Gasteiger partial charge in [0.05, 0.1) is 28.1 Å². The summed E-state index contributed by atoms with van der Waals surface area (Å²) in [7, 11) is -4.01. The number of rotatable bonds is 7. The average Bonchev–Trinajstić information content (AvgIpc) is 3.64. The van der Waals surface area contributed by atoms with Crippen LogP contribution < -0.4 is 4.74 Å². The lowest BCUT2D eigenvalue weighted by Gasteiger charge is -2.38. The molecule has 0 spiro atoms. The van der Waals surface area contributed by atoms with Crippen LogP contribution in [0.2, 0.25) is 18.7 Å². The number of alkyl halides is 3. The van der Waals surface area contributed by atoms with Crippen molar-refractivity contribution in [2.24, 2.45) is 4.99 Å². The third-order valence-corrected chi connectivity index (χ3v) is 12.5. The molecule has 1 saturated heterocycles. The van der Waals surface area contributed by atoms with Crippen molar-refractivity contribution in [3.05, 3.63) is 114 Å². The quantitative estimate of drug-likeness (QED) is 0.187. The van der Waals surface area contributed by atoms with Gasteiger partial charge in [-0.2, -0.15) is 17.5 Å². The van der Waals surface area contributed by atoms with Crippen LogP contribution in [0.4, 0.5) is 18.0 Å². The number of sulfonamides is 1. The molecular formula is C33H27Cl4F3N4O4S2. The summed E-state index contributed by atoms with van der Waals surface area (Å²) in [5, 5.41) is 0.937. The van der Waals surface area contributed by atoms with E-state index < -0.39 is 39.9 Å². The van der Waals surface area contributed by atoms with Gasteiger partial charge in [0.25, 0.3) is 0 Å². The number of nitrogens with zero attached hydrogens (tertiary/aromatic N) is 4. The summed E-state index contributed by atoms with van der Waals surface area (Å²) >= 11 is 25.6. The molecule has 3 heterocycles. The van der Waals surface area contributed by atoms with Gasteiger partial charge in [-0.15, -0.1) is 11.3 Å². The van der Waals surface area contributed by atoms with E-state index in [0.717, 1.165) is 23.5 Å². The van der Waals surface area contributed by atoms with Gasteiger partial charge in [0, 0.05) is 36.2 Å². The van der Waals surface area contributed by atoms with Crippen molar-refractivity contribution in [3.8, 4) is 5.75 Å². The highest BCUT2D eigenvalue weighted by atomic mass is 35.5. The van der Waals surface area contributed by atoms with Crippen molar-refractivity contribution in [2.75, 3.05) is 32.8 Å². The number of piperazine rings is 1. The van der Waals surface area contributed by atoms with Gasteiger partial charge in [-0.1, -0.05) is 70.7 Å². The minimum Gasteiger partial charge on any atom is -0.493 e. The van der Waals surface area contributed by atoms with Crippen LogP contribution in [0.5, 0.6) is 5.75 Å². The largest absolute Gasteiger partial charge is 0.493 e. The van der Waals surface area contributed by atoms with Gasteiger partial charge < -0.3 is 9.64 Å². The topological polar surface area (TPSA) is 82.5 Å². The first-order valence-corrected chi connectivity index (χ1v) is 18.9. The molecule has 4 aromatic rings. The summed E-state index contributed by atoms with van der Waals surface area (Å²) in [6.45, 7) is 1.60. The number of hydrogen-bond donors (Lipinski definition) is 0. The fourth-order valence-corrected chi connectivity index (χ4v) is 9.71. The molecule has 17 heteroatoms. The number of carbonyl (C=O) groups excluding carboxylic acids is 1. The molecule has 2 atom stereocenters. The number of thiophene rings is 1. The van der Waals surface area contributed by atoms with Crippen LogP contribution in [0.1, 0.15) is 41.3 Å². The summed E-state index contributed by atoms with van der Waals surface area (Å²) in [5.74, 6) is -0.0190. The Labute approximate surface area is 310 Å². The van der Waals surface area contributed by atoms with E-state index in [0.29, 0.717) is 21.2 Å². The number of halogens is 7. The molecule has 0 N–H and O–H groups in total. The number of amidine groups is 1. The Morgan fingerprint density at radius 2 is 1.50 bits per heavy atom. The highest BCUT2D eigenvalue weighted by Crippen LogP contribution is 2.46. The Balaban J connectivity index is 1.43. The smallest absolute Gasteiger partial charge is 0.416 e. The van der Waals surface area contributed by atoms with Crippen LogP contribution >= 0.6 is 57.7 Å². The number of carbonyl (C=O) groups is 1. The minimum absolute atomic E-state index is 0.00160. The number of urea groups is 1. The van der Waals surface area contributed by atoms with Crippen LogP contribution in [0.3, 0.4) is 0 Å². The highest BCUT2D eigenvalue weighted by Gasteiger charge is 2.46. The summed E-state index contributed by atoms with van der Waals surface area (Å²) in [6, 6.07) is 16.1. The third kappa shape index (κ3) is 7.32. The summed E-state index contributed by atoms with van der Waals surface area (Å²) < 4.78 is 75.5. The second-order valence-corrected chi connectivity index (χ2v) is 16.4. The second-order valence-electron chi connectivity index (χ2n) is 11.3. The Kier molecular flexibility index (Phi) is 10.7. The van der Waals surface area contributed by atoms with E-state index in [4.69, 9.17) is 56.1 Å². The zero-order valence-electron chi connectivity index (χ0n) is 26.0. The molecule has 0 aliphatic carbocycles. The molecule has 0 saturated carbocycles. The maximum Gasteiger partial charge on any atom is 0.416 e. The predicted octanol–water partition coefficient (Wildman–Crippen LogP) is 9.45. The highest BCUT2D eigenvalue weighted by molar-refractivity contribution is 7.89. The molecule has 2 aliphatic heterocycles. The predicted molar refractivity (Wildman–Crippen MR) is 189 cm³/mol. The van der Waals surface area contributed by atoms with Gasteiger partial charge in [0.15, 0.2) is 0 Å². The number of amides is 2. The molecule has 1 aromatic heterocycles. The van der Waals surface area contributed by atoms with Crippen molar-refractivity contribution < 1.29 is 31.1 Å². The third-order valence-electron chi connectivity index (χ3n) is 8.30. The zero-order valence-corrected chi connectivity index (χ0v) is 30.7. The number of aliphatic imine (C=N–C) groups is 1. The van der Waals surface area contributed by atoms with E-state index in [1.54, 1.807) is 55.5 Å². The van der Waals surface area contributed by atoms with E-state index in [9.17, 15) is 26.4 Å². The van der Waals surface area contributed by atoms with Crippen molar-refractivity contribution in [1.82, 2.24) is 14.1 Å². The van der Waals surface area contributed by atoms with Gasteiger partial charge in [0.2, 0.25) is 10.0 Å². The minimum atomic E-state index is -4.65. The van der Waals surface area contributed by atoms with Crippen molar-refractivity contribution >= 4 is 79.6 Å². The number of ether oxygens (including phenoxy) is 1. The molecule has 2 amide bonds. The van der Waals surface area contributed by atoms with Crippen molar-refractivity contribution in [2.45, 2.75) is 30.1 Å². The molecule has 0 bridgehead atoms. The Morgan fingerprint density at radius 1 is 0.900 bits per heavy atom. The van der Waals surface area contributed by atoms with Crippen LogP contribution in [0, 0.1) is 0 Å². The monoisotopic (exact) mass is 804 g/mol.